The van der Waals surface area contributed by atoms with Crippen molar-refractivity contribution in [1.82, 2.24) is 9.80 Å². The summed E-state index contributed by atoms with van der Waals surface area (Å²) in [5, 5.41) is 9.10. The number of carbonyl (C=O) groups is 2. The van der Waals surface area contributed by atoms with Crippen molar-refractivity contribution in [3.8, 4) is 5.75 Å². The quantitative estimate of drug-likeness (QED) is 0.859. The molecule has 2 fully saturated rings. The Morgan fingerprint density at radius 1 is 1.32 bits per heavy atom. The number of hydrogen-bond acceptors (Lipinski definition) is 5. The summed E-state index contributed by atoms with van der Waals surface area (Å²) >= 11 is 0. The highest BCUT2D eigenvalue weighted by atomic mass is 19.1. The Labute approximate surface area is 144 Å². The molecular formula is C17H21FN2O5. The van der Waals surface area contributed by atoms with Crippen LogP contribution in [0.3, 0.4) is 0 Å². The van der Waals surface area contributed by atoms with Gasteiger partial charge in [-0.05, 0) is 18.2 Å². The summed E-state index contributed by atoms with van der Waals surface area (Å²) in [5.74, 6) is -1.57. The van der Waals surface area contributed by atoms with Gasteiger partial charge in [-0.2, -0.15) is 0 Å². The minimum Gasteiger partial charge on any atom is -0.494 e. The van der Waals surface area contributed by atoms with Crippen LogP contribution in [0.1, 0.15) is 10.4 Å². The third-order valence-electron chi connectivity index (χ3n) is 4.61. The summed E-state index contributed by atoms with van der Waals surface area (Å²) in [6, 6.07) is 3.87. The number of carbonyl (C=O) groups excluding carboxylic acids is 1. The normalized spacial score (nSPS) is 23.8. The number of fused-ring (bicyclic) bond motifs is 3. The lowest BCUT2D eigenvalue weighted by Gasteiger charge is -2.30. The van der Waals surface area contributed by atoms with Crippen molar-refractivity contribution < 1.29 is 28.6 Å². The summed E-state index contributed by atoms with van der Waals surface area (Å²) in [7, 11) is 1.35. The molecule has 3 rings (SSSR count). The van der Waals surface area contributed by atoms with Crippen LogP contribution in [-0.4, -0.2) is 79.3 Å². The Morgan fingerprint density at radius 3 is 2.84 bits per heavy atom. The second-order valence-corrected chi connectivity index (χ2v) is 6.44. The van der Waals surface area contributed by atoms with Crippen LogP contribution < -0.4 is 4.74 Å². The molecule has 2 heterocycles. The number of benzene rings is 1. The zero-order chi connectivity index (χ0) is 18.0. The van der Waals surface area contributed by atoms with Crippen molar-refractivity contribution in [2.45, 2.75) is 6.04 Å². The van der Waals surface area contributed by atoms with Gasteiger partial charge in [0.1, 0.15) is 0 Å². The largest absolute Gasteiger partial charge is 0.494 e. The highest BCUT2D eigenvalue weighted by Crippen LogP contribution is 2.23. The van der Waals surface area contributed by atoms with E-state index in [4.69, 9.17) is 14.6 Å². The number of nitrogens with zero attached hydrogens (tertiary/aromatic N) is 2. The van der Waals surface area contributed by atoms with Crippen LogP contribution in [-0.2, 0) is 9.53 Å². The molecule has 0 aromatic heterocycles. The molecule has 0 saturated carbocycles. The van der Waals surface area contributed by atoms with Crippen LogP contribution in [0.5, 0.6) is 5.75 Å². The summed E-state index contributed by atoms with van der Waals surface area (Å²) in [6.45, 7) is 2.24. The van der Waals surface area contributed by atoms with Crippen LogP contribution >= 0.6 is 0 Å². The van der Waals surface area contributed by atoms with Gasteiger partial charge in [0.25, 0.3) is 5.91 Å². The number of rotatable bonds is 4. The lowest BCUT2D eigenvalue weighted by Crippen LogP contribution is -2.47. The highest BCUT2D eigenvalue weighted by molar-refractivity contribution is 5.94. The lowest BCUT2D eigenvalue weighted by atomic mass is 10.1. The molecular weight excluding hydrogens is 331 g/mol. The van der Waals surface area contributed by atoms with Gasteiger partial charge in [-0.3, -0.25) is 14.5 Å². The van der Waals surface area contributed by atoms with Gasteiger partial charge in [0, 0.05) is 31.1 Å². The van der Waals surface area contributed by atoms with Gasteiger partial charge in [0.15, 0.2) is 11.6 Å². The number of carboxylic acid groups (broad SMARTS) is 1. The van der Waals surface area contributed by atoms with Crippen molar-refractivity contribution in [3.05, 3.63) is 29.6 Å². The van der Waals surface area contributed by atoms with Gasteiger partial charge in [-0.25, -0.2) is 4.39 Å². The van der Waals surface area contributed by atoms with Gasteiger partial charge in [-0.15, -0.1) is 0 Å². The smallest absolute Gasteiger partial charge is 0.317 e. The fourth-order valence-electron chi connectivity index (χ4n) is 3.44. The van der Waals surface area contributed by atoms with E-state index in [0.29, 0.717) is 38.4 Å². The Bertz CT molecular complexity index is 668. The predicted molar refractivity (Wildman–Crippen MR) is 86.2 cm³/mol. The summed E-state index contributed by atoms with van der Waals surface area (Å²) in [6.07, 6.45) is 0. The maximum Gasteiger partial charge on any atom is 0.317 e. The molecule has 136 valence electrons. The number of aliphatic carboxylic acids is 1. The molecule has 2 atom stereocenters. The summed E-state index contributed by atoms with van der Waals surface area (Å²) < 4.78 is 24.1. The first-order valence-corrected chi connectivity index (χ1v) is 8.14. The average molecular weight is 352 g/mol. The average Bonchev–Trinajstić information content (AvgIpc) is 2.83. The van der Waals surface area contributed by atoms with Crippen molar-refractivity contribution >= 4 is 11.9 Å². The molecule has 1 N–H and O–H groups in total. The Morgan fingerprint density at radius 2 is 2.12 bits per heavy atom. The topological polar surface area (TPSA) is 79.3 Å². The van der Waals surface area contributed by atoms with E-state index in [9.17, 15) is 14.0 Å². The van der Waals surface area contributed by atoms with Gasteiger partial charge in [-0.1, -0.05) is 0 Å². The zero-order valence-corrected chi connectivity index (χ0v) is 14.0. The first-order chi connectivity index (χ1) is 12.0. The molecule has 0 spiro atoms. The molecule has 0 radical (unpaired) electrons. The Hall–Kier alpha value is -2.19. The van der Waals surface area contributed by atoms with E-state index in [0.717, 1.165) is 0 Å². The predicted octanol–water partition coefficient (Wildman–Crippen LogP) is 0.692. The van der Waals surface area contributed by atoms with Gasteiger partial charge >= 0.3 is 5.97 Å². The summed E-state index contributed by atoms with van der Waals surface area (Å²) in [5.41, 5.74) is 0.351. The third-order valence-corrected chi connectivity index (χ3v) is 4.61. The molecule has 7 nitrogen and oxygen atoms in total. The maximum absolute atomic E-state index is 13.6. The van der Waals surface area contributed by atoms with Gasteiger partial charge in [0.2, 0.25) is 0 Å². The first kappa shape index (κ1) is 17.6. The Balaban J connectivity index is 1.81. The minimum absolute atomic E-state index is 0.0247. The monoisotopic (exact) mass is 352 g/mol. The molecule has 8 heteroatoms. The number of carboxylic acids is 1. The molecule has 2 aliphatic heterocycles. The summed E-state index contributed by atoms with van der Waals surface area (Å²) in [4.78, 5) is 27.5. The molecule has 25 heavy (non-hydrogen) atoms. The van der Waals surface area contributed by atoms with E-state index in [1.807, 2.05) is 4.90 Å². The molecule has 2 aliphatic rings. The third kappa shape index (κ3) is 3.91. The fraction of sp³-hybridized carbons (Fsp3) is 0.529. The van der Waals surface area contributed by atoms with Crippen molar-refractivity contribution in [1.29, 1.82) is 0 Å². The number of methoxy groups -OCH3 is 1. The van der Waals surface area contributed by atoms with Crippen LogP contribution in [0.4, 0.5) is 4.39 Å². The Kier molecular flexibility index (Phi) is 5.19. The molecule has 1 amide bonds. The number of ether oxygens (including phenoxy) is 2. The molecule has 1 aromatic rings. The van der Waals surface area contributed by atoms with E-state index in [-0.39, 0.29) is 30.2 Å². The standard InChI is InChI=1S/C17H21FN2O5/c1-24-15-4-12(2-3-14(15)18)17(23)20-6-11-5-19(8-16(21)22)13(7-20)10-25-9-11/h2-4,11,13H,5-10H2,1H3,(H,21,22)/t11-,13+/m1/s1. The first-order valence-electron chi connectivity index (χ1n) is 8.14. The van der Waals surface area contributed by atoms with Crippen LogP contribution in [0.15, 0.2) is 18.2 Å². The molecule has 2 saturated heterocycles. The van der Waals surface area contributed by atoms with Crippen LogP contribution in [0.2, 0.25) is 0 Å². The molecule has 0 aliphatic carbocycles. The van der Waals surface area contributed by atoms with Crippen molar-refractivity contribution in [2.24, 2.45) is 5.92 Å². The second kappa shape index (κ2) is 7.37. The minimum atomic E-state index is -0.895. The van der Waals surface area contributed by atoms with Gasteiger partial charge < -0.3 is 19.5 Å². The van der Waals surface area contributed by atoms with Crippen molar-refractivity contribution in [3.63, 3.8) is 0 Å². The van der Waals surface area contributed by atoms with Crippen molar-refractivity contribution in [2.75, 3.05) is 46.5 Å². The van der Waals surface area contributed by atoms with E-state index in [1.165, 1.54) is 25.3 Å². The number of hydrogen-bond donors (Lipinski definition) is 1. The molecule has 2 bridgehead atoms. The fourth-order valence-corrected chi connectivity index (χ4v) is 3.44. The van der Waals surface area contributed by atoms with E-state index >= 15 is 0 Å². The molecule has 0 unspecified atom stereocenters. The highest BCUT2D eigenvalue weighted by Gasteiger charge is 2.36. The molecule has 1 aromatic carbocycles. The second-order valence-electron chi connectivity index (χ2n) is 6.44. The van der Waals surface area contributed by atoms with Crippen LogP contribution in [0.25, 0.3) is 0 Å². The number of halogens is 1. The SMILES string of the molecule is COc1cc(C(=O)N2C[C@@H]3COC[C@H](C2)N(CC(=O)O)C3)ccc1F. The van der Waals surface area contributed by atoms with Crippen LogP contribution in [0, 0.1) is 11.7 Å². The number of amides is 1. The zero-order valence-electron chi connectivity index (χ0n) is 14.0. The van der Waals surface area contributed by atoms with E-state index < -0.39 is 11.8 Å². The van der Waals surface area contributed by atoms with Gasteiger partial charge in [0.05, 0.1) is 32.9 Å². The lowest BCUT2D eigenvalue weighted by molar-refractivity contribution is -0.139. The van der Waals surface area contributed by atoms with E-state index in [1.54, 1.807) is 4.90 Å². The van der Waals surface area contributed by atoms with E-state index in [2.05, 4.69) is 0 Å². The maximum atomic E-state index is 13.6.